The topological polar surface area (TPSA) is 49.6 Å². The minimum Gasteiger partial charge on any atom is -0.255 e. The van der Waals surface area contributed by atoms with Gasteiger partial charge in [0.1, 0.15) is 6.07 Å². The maximum absolute atomic E-state index is 8.68. The Morgan fingerprint density at radius 1 is 0.905 bits per heavy atom. The monoisotopic (exact) mass is 329 g/mol. The highest BCUT2D eigenvalue weighted by Crippen LogP contribution is 2.26. The van der Waals surface area contributed by atoms with Crippen molar-refractivity contribution in [2.75, 3.05) is 0 Å². The van der Waals surface area contributed by atoms with Crippen LogP contribution in [0.5, 0.6) is 0 Å². The summed E-state index contributed by atoms with van der Waals surface area (Å²) in [6.07, 6.45) is 3.38. The molecule has 0 unspecified atom stereocenters. The van der Waals surface area contributed by atoms with Gasteiger partial charge in [0, 0.05) is 12.4 Å². The molecule has 6 heteroatoms. The molecule has 0 fully saturated rings. The summed E-state index contributed by atoms with van der Waals surface area (Å²) in [6, 6.07) is 9.55. The zero-order valence-corrected chi connectivity index (χ0v) is 13.0. The van der Waals surface area contributed by atoms with E-state index >= 15 is 0 Å². The van der Waals surface area contributed by atoms with Crippen LogP contribution in [0.25, 0.3) is 20.4 Å². The first kappa shape index (κ1) is 14.0. The summed E-state index contributed by atoms with van der Waals surface area (Å²) in [5.74, 6) is 0. The Morgan fingerprint density at radius 3 is 2.19 bits per heavy atom. The molecule has 0 N–H and O–H groups in total. The van der Waals surface area contributed by atoms with Crippen molar-refractivity contribution in [1.82, 2.24) is 9.97 Å². The molecule has 4 rings (SSSR count). The summed E-state index contributed by atoms with van der Waals surface area (Å²) in [6.45, 7) is 0. The number of thiophene rings is 2. The molecule has 3 nitrogen and oxygen atoms in total. The molecule has 0 spiro atoms. The number of aromatic nitrogens is 2. The molecule has 0 aliphatic heterocycles. The molecule has 21 heavy (non-hydrogen) atoms. The lowest BCUT2D eigenvalue weighted by atomic mass is 10.3. The van der Waals surface area contributed by atoms with Crippen LogP contribution in [0.4, 0.5) is 0 Å². The standard InChI is InChI=1S/C8H4N2S.C7H4ClNS/c9-5-6-1-3-10-7-2-4-11-8(6)7;8-5-1-3-9-6-2-4-10-7(5)6/h1-4H;1-4H. The van der Waals surface area contributed by atoms with Gasteiger partial charge in [-0.3, -0.25) is 9.97 Å². The van der Waals surface area contributed by atoms with E-state index in [1.807, 2.05) is 22.9 Å². The van der Waals surface area contributed by atoms with Gasteiger partial charge >= 0.3 is 0 Å². The Kier molecular flexibility index (Phi) is 4.11. The van der Waals surface area contributed by atoms with Gasteiger partial charge in [0.05, 0.1) is 31.0 Å². The fourth-order valence-corrected chi connectivity index (χ4v) is 3.66. The van der Waals surface area contributed by atoms with Crippen molar-refractivity contribution in [3.63, 3.8) is 0 Å². The van der Waals surface area contributed by atoms with E-state index in [1.54, 1.807) is 47.2 Å². The summed E-state index contributed by atoms with van der Waals surface area (Å²) >= 11 is 9.04. The molecule has 0 aliphatic rings. The molecular formula is C15H8ClN3S2. The molecule has 0 aliphatic carbocycles. The lowest BCUT2D eigenvalue weighted by Crippen LogP contribution is -1.75. The number of nitrogens with zero attached hydrogens (tertiary/aromatic N) is 3. The van der Waals surface area contributed by atoms with Crippen molar-refractivity contribution in [2.24, 2.45) is 0 Å². The first-order valence-corrected chi connectivity index (χ1v) is 8.13. The lowest BCUT2D eigenvalue weighted by Gasteiger charge is -1.88. The number of hydrogen-bond acceptors (Lipinski definition) is 5. The van der Waals surface area contributed by atoms with Crippen molar-refractivity contribution >= 4 is 54.7 Å². The Labute approximate surface area is 134 Å². The number of fused-ring (bicyclic) bond motifs is 2. The van der Waals surface area contributed by atoms with Crippen LogP contribution in [0.2, 0.25) is 5.02 Å². The highest BCUT2D eigenvalue weighted by atomic mass is 35.5. The van der Waals surface area contributed by atoms with E-state index in [9.17, 15) is 0 Å². The van der Waals surface area contributed by atoms with Crippen LogP contribution < -0.4 is 0 Å². The van der Waals surface area contributed by atoms with Gasteiger partial charge in [-0.05, 0) is 35.0 Å². The molecule has 4 aromatic heterocycles. The first-order chi connectivity index (χ1) is 10.3. The summed E-state index contributed by atoms with van der Waals surface area (Å²) in [5, 5.41) is 13.4. The molecular weight excluding hydrogens is 322 g/mol. The maximum Gasteiger partial charge on any atom is 0.101 e. The van der Waals surface area contributed by atoms with Crippen LogP contribution in [0.3, 0.4) is 0 Å². The van der Waals surface area contributed by atoms with E-state index in [-0.39, 0.29) is 0 Å². The third-order valence-corrected chi connectivity index (χ3v) is 5.06. The third kappa shape index (κ3) is 2.88. The van der Waals surface area contributed by atoms with Gasteiger partial charge in [-0.25, -0.2) is 0 Å². The van der Waals surface area contributed by atoms with E-state index in [0.29, 0.717) is 5.56 Å². The van der Waals surface area contributed by atoms with E-state index in [2.05, 4.69) is 16.0 Å². The average molecular weight is 330 g/mol. The number of halogens is 1. The van der Waals surface area contributed by atoms with Crippen molar-refractivity contribution in [2.45, 2.75) is 0 Å². The highest BCUT2D eigenvalue weighted by Gasteiger charge is 2.00. The minimum absolute atomic E-state index is 0.713. The molecule has 0 amide bonds. The van der Waals surface area contributed by atoms with E-state index < -0.39 is 0 Å². The third-order valence-electron chi connectivity index (χ3n) is 2.76. The summed E-state index contributed by atoms with van der Waals surface area (Å²) < 4.78 is 2.05. The van der Waals surface area contributed by atoms with Gasteiger partial charge in [0.2, 0.25) is 0 Å². The molecule has 4 aromatic rings. The smallest absolute Gasteiger partial charge is 0.101 e. The van der Waals surface area contributed by atoms with Crippen LogP contribution >= 0.6 is 34.3 Å². The normalized spacial score (nSPS) is 10.1. The molecule has 4 heterocycles. The van der Waals surface area contributed by atoms with E-state index in [4.69, 9.17) is 16.9 Å². The van der Waals surface area contributed by atoms with E-state index in [0.717, 1.165) is 25.5 Å². The average Bonchev–Trinajstić information content (AvgIpc) is 3.16. The molecule has 0 atom stereocenters. The van der Waals surface area contributed by atoms with Crippen molar-refractivity contribution in [3.8, 4) is 6.07 Å². The Bertz CT molecular complexity index is 937. The Morgan fingerprint density at radius 2 is 1.52 bits per heavy atom. The predicted octanol–water partition coefficient (Wildman–Crippen LogP) is 5.12. The van der Waals surface area contributed by atoms with Crippen LogP contribution in [-0.4, -0.2) is 9.97 Å². The zero-order valence-electron chi connectivity index (χ0n) is 10.7. The van der Waals surface area contributed by atoms with Crippen LogP contribution in [0.15, 0.2) is 47.4 Å². The molecule has 102 valence electrons. The number of rotatable bonds is 0. The first-order valence-electron chi connectivity index (χ1n) is 5.99. The molecule has 0 saturated carbocycles. The van der Waals surface area contributed by atoms with Gasteiger partial charge < -0.3 is 0 Å². The number of pyridine rings is 2. The Balaban J connectivity index is 0.000000126. The van der Waals surface area contributed by atoms with Crippen LogP contribution in [0.1, 0.15) is 5.56 Å². The van der Waals surface area contributed by atoms with Gasteiger partial charge in [-0.2, -0.15) is 5.26 Å². The fourth-order valence-electron chi connectivity index (χ4n) is 1.80. The summed E-state index contributed by atoms with van der Waals surface area (Å²) in [5.41, 5.74) is 2.61. The quantitative estimate of drug-likeness (QED) is 0.450. The summed E-state index contributed by atoms with van der Waals surface area (Å²) in [7, 11) is 0. The van der Waals surface area contributed by atoms with Crippen molar-refractivity contribution < 1.29 is 0 Å². The molecule has 0 bridgehead atoms. The second kappa shape index (κ2) is 6.19. The van der Waals surface area contributed by atoms with Crippen molar-refractivity contribution in [3.05, 3.63) is 58.0 Å². The number of nitriles is 1. The predicted molar refractivity (Wildman–Crippen MR) is 89.0 cm³/mol. The number of hydrogen-bond donors (Lipinski definition) is 0. The van der Waals surface area contributed by atoms with Gasteiger partial charge in [-0.15, -0.1) is 22.7 Å². The highest BCUT2D eigenvalue weighted by molar-refractivity contribution is 7.18. The van der Waals surface area contributed by atoms with Crippen molar-refractivity contribution in [1.29, 1.82) is 5.26 Å². The fraction of sp³-hybridized carbons (Fsp3) is 0. The van der Waals surface area contributed by atoms with Gasteiger partial charge in [0.15, 0.2) is 0 Å². The summed E-state index contributed by atoms with van der Waals surface area (Å²) in [4.78, 5) is 8.24. The molecule has 0 saturated heterocycles. The SMILES string of the molecule is Clc1ccnc2ccsc12.N#Cc1ccnc2ccsc12. The van der Waals surface area contributed by atoms with Crippen LogP contribution in [0, 0.1) is 11.3 Å². The second-order valence-electron chi connectivity index (χ2n) is 4.03. The molecule has 0 radical (unpaired) electrons. The van der Waals surface area contributed by atoms with E-state index in [1.165, 1.54) is 0 Å². The van der Waals surface area contributed by atoms with Gasteiger partial charge in [-0.1, -0.05) is 11.6 Å². The second-order valence-corrected chi connectivity index (χ2v) is 6.27. The minimum atomic E-state index is 0.713. The van der Waals surface area contributed by atoms with Gasteiger partial charge in [0.25, 0.3) is 0 Å². The van der Waals surface area contributed by atoms with Crippen LogP contribution in [-0.2, 0) is 0 Å². The zero-order chi connectivity index (χ0) is 14.7. The lowest BCUT2D eigenvalue weighted by molar-refractivity contribution is 1.41. The largest absolute Gasteiger partial charge is 0.255 e. The molecule has 0 aromatic carbocycles. The maximum atomic E-state index is 8.68. The Hall–Kier alpha value is -2.00.